The normalized spacial score (nSPS) is 16.9. The van der Waals surface area contributed by atoms with Crippen LogP contribution < -0.4 is 0 Å². The molecule has 0 bridgehead atoms. The molecule has 2 rings (SSSR count). The first-order valence-electron chi connectivity index (χ1n) is 5.40. The third kappa shape index (κ3) is 3.58. The molecule has 0 amide bonds. The minimum absolute atomic E-state index is 0.0798. The van der Waals surface area contributed by atoms with Crippen molar-refractivity contribution in [1.29, 1.82) is 0 Å². The van der Waals surface area contributed by atoms with Crippen molar-refractivity contribution in [3.63, 3.8) is 0 Å². The summed E-state index contributed by atoms with van der Waals surface area (Å²) in [6.07, 6.45) is -2.55. The largest absolute Gasteiger partial charge is 0.402 e. The van der Waals surface area contributed by atoms with E-state index in [-0.39, 0.29) is 10.0 Å². The molecule has 9 heteroatoms. The molecule has 0 saturated heterocycles. The van der Waals surface area contributed by atoms with E-state index in [0.717, 1.165) is 18.3 Å². The molecule has 0 aliphatic heterocycles. The maximum Gasteiger partial charge on any atom is 0.402 e. The van der Waals surface area contributed by atoms with Gasteiger partial charge in [-0.15, -0.1) is 0 Å². The molecule has 19 heavy (non-hydrogen) atoms. The number of hydrogen-bond acceptors (Lipinski definition) is 3. The van der Waals surface area contributed by atoms with Gasteiger partial charge < -0.3 is 0 Å². The molecule has 1 aliphatic carbocycles. The lowest BCUT2D eigenvalue weighted by molar-refractivity contribution is -0.137. The van der Waals surface area contributed by atoms with Crippen LogP contribution in [-0.2, 0) is 10.0 Å². The van der Waals surface area contributed by atoms with Gasteiger partial charge in [-0.05, 0) is 25.0 Å². The second-order valence-electron chi connectivity index (χ2n) is 4.21. The van der Waals surface area contributed by atoms with Crippen molar-refractivity contribution in [3.05, 3.63) is 23.5 Å². The van der Waals surface area contributed by atoms with Gasteiger partial charge in [0, 0.05) is 12.2 Å². The zero-order chi connectivity index (χ0) is 14.3. The highest BCUT2D eigenvalue weighted by atomic mass is 35.5. The van der Waals surface area contributed by atoms with Crippen molar-refractivity contribution < 1.29 is 21.6 Å². The fraction of sp³-hybridized carbons (Fsp3) is 0.500. The zero-order valence-electron chi connectivity index (χ0n) is 9.56. The van der Waals surface area contributed by atoms with Gasteiger partial charge in [-0.25, -0.2) is 13.4 Å². The van der Waals surface area contributed by atoms with Crippen molar-refractivity contribution in [2.75, 3.05) is 6.54 Å². The van der Waals surface area contributed by atoms with Crippen LogP contribution in [0.15, 0.2) is 23.2 Å². The number of pyridine rings is 1. The number of sulfonamides is 1. The van der Waals surface area contributed by atoms with Crippen molar-refractivity contribution in [3.8, 4) is 0 Å². The Bertz CT molecular complexity index is 572. The molecule has 106 valence electrons. The number of hydrogen-bond donors (Lipinski definition) is 0. The predicted octanol–water partition coefficient (Wildman–Crippen LogP) is 2.45. The standard InChI is InChI=1S/C10H10ClF3N2O2S/c11-9-5-8(3-4-15-9)19(17,18)16(7-1-2-7)6-10(12,13)14/h3-5,7H,1-2,6H2. The summed E-state index contributed by atoms with van der Waals surface area (Å²) in [6, 6.07) is 1.59. The first-order chi connectivity index (χ1) is 8.70. The van der Waals surface area contributed by atoms with E-state index >= 15 is 0 Å². The summed E-state index contributed by atoms with van der Waals surface area (Å²) in [6.45, 7) is -1.49. The summed E-state index contributed by atoms with van der Waals surface area (Å²) in [5.74, 6) is 0. The first kappa shape index (κ1) is 14.5. The molecule has 0 radical (unpaired) electrons. The minimum Gasteiger partial charge on any atom is -0.244 e. The van der Waals surface area contributed by atoms with Crippen LogP contribution in [0.3, 0.4) is 0 Å². The first-order valence-corrected chi connectivity index (χ1v) is 7.22. The quantitative estimate of drug-likeness (QED) is 0.802. The Morgan fingerprint density at radius 1 is 1.42 bits per heavy atom. The molecule has 0 aromatic carbocycles. The van der Waals surface area contributed by atoms with Crippen LogP contribution in [0.5, 0.6) is 0 Å². The fourth-order valence-electron chi connectivity index (χ4n) is 1.63. The Kier molecular flexibility index (Phi) is 3.76. The third-order valence-electron chi connectivity index (χ3n) is 2.59. The number of halogens is 4. The highest BCUT2D eigenvalue weighted by Crippen LogP contribution is 2.34. The lowest BCUT2D eigenvalue weighted by atomic mass is 10.5. The van der Waals surface area contributed by atoms with Crippen LogP contribution in [0.4, 0.5) is 13.2 Å². The average Bonchev–Trinajstić information content (AvgIpc) is 3.08. The maximum atomic E-state index is 12.5. The Labute approximate surface area is 113 Å². The molecule has 1 heterocycles. The summed E-state index contributed by atoms with van der Waals surface area (Å²) in [7, 11) is -4.20. The lowest BCUT2D eigenvalue weighted by Crippen LogP contribution is -2.40. The van der Waals surface area contributed by atoms with Crippen LogP contribution in [0.1, 0.15) is 12.8 Å². The minimum atomic E-state index is -4.58. The SMILES string of the molecule is O=S(=O)(c1ccnc(Cl)c1)N(CC(F)(F)F)C1CC1. The highest BCUT2D eigenvalue weighted by Gasteiger charge is 2.44. The van der Waals surface area contributed by atoms with E-state index < -0.39 is 28.8 Å². The van der Waals surface area contributed by atoms with Gasteiger partial charge in [-0.3, -0.25) is 0 Å². The van der Waals surface area contributed by atoms with Crippen LogP contribution >= 0.6 is 11.6 Å². The predicted molar refractivity (Wildman–Crippen MR) is 62.2 cm³/mol. The monoisotopic (exact) mass is 314 g/mol. The van der Waals surface area contributed by atoms with Gasteiger partial charge in [0.25, 0.3) is 0 Å². The molecule has 1 aromatic heterocycles. The van der Waals surface area contributed by atoms with E-state index in [2.05, 4.69) is 4.98 Å². The summed E-state index contributed by atoms with van der Waals surface area (Å²) in [5, 5.41) is -0.0798. The molecular formula is C10H10ClF3N2O2S. The van der Waals surface area contributed by atoms with Crippen LogP contribution in [0.25, 0.3) is 0 Å². The lowest BCUT2D eigenvalue weighted by Gasteiger charge is -2.23. The molecule has 1 aliphatic rings. The highest BCUT2D eigenvalue weighted by molar-refractivity contribution is 7.89. The number of nitrogens with zero attached hydrogens (tertiary/aromatic N) is 2. The number of rotatable bonds is 4. The van der Waals surface area contributed by atoms with Crippen molar-refractivity contribution in [2.45, 2.75) is 30.0 Å². The molecule has 1 saturated carbocycles. The van der Waals surface area contributed by atoms with E-state index in [0.29, 0.717) is 17.1 Å². The molecule has 1 fully saturated rings. The van der Waals surface area contributed by atoms with Gasteiger partial charge in [0.2, 0.25) is 10.0 Å². The van der Waals surface area contributed by atoms with E-state index in [4.69, 9.17) is 11.6 Å². The summed E-state index contributed by atoms with van der Waals surface area (Å²) >= 11 is 5.57. The number of aromatic nitrogens is 1. The summed E-state index contributed by atoms with van der Waals surface area (Å²) in [4.78, 5) is 3.33. The molecule has 0 unspecified atom stereocenters. The van der Waals surface area contributed by atoms with E-state index in [1.807, 2.05) is 0 Å². The van der Waals surface area contributed by atoms with Crippen LogP contribution in [0, 0.1) is 0 Å². The zero-order valence-corrected chi connectivity index (χ0v) is 11.1. The van der Waals surface area contributed by atoms with Gasteiger partial charge in [-0.2, -0.15) is 17.5 Å². The van der Waals surface area contributed by atoms with Crippen molar-refractivity contribution in [1.82, 2.24) is 9.29 Å². The Hall–Kier alpha value is -0.860. The average molecular weight is 315 g/mol. The number of alkyl halides is 3. The van der Waals surface area contributed by atoms with Crippen LogP contribution in [0.2, 0.25) is 5.15 Å². The second kappa shape index (κ2) is 4.92. The second-order valence-corrected chi connectivity index (χ2v) is 6.49. The van der Waals surface area contributed by atoms with Gasteiger partial charge in [-0.1, -0.05) is 11.6 Å². The topological polar surface area (TPSA) is 50.3 Å². The van der Waals surface area contributed by atoms with Crippen LogP contribution in [-0.4, -0.2) is 36.5 Å². The van der Waals surface area contributed by atoms with Gasteiger partial charge >= 0.3 is 6.18 Å². The van der Waals surface area contributed by atoms with Gasteiger partial charge in [0.15, 0.2) is 0 Å². The molecule has 0 N–H and O–H groups in total. The van der Waals surface area contributed by atoms with Gasteiger partial charge in [0.05, 0.1) is 4.90 Å². The maximum absolute atomic E-state index is 12.5. The smallest absolute Gasteiger partial charge is 0.244 e. The van der Waals surface area contributed by atoms with Gasteiger partial charge in [0.1, 0.15) is 11.7 Å². The summed E-state index contributed by atoms with van der Waals surface area (Å²) in [5.41, 5.74) is 0. The van der Waals surface area contributed by atoms with Crippen molar-refractivity contribution >= 4 is 21.6 Å². The molecule has 0 atom stereocenters. The Balaban J connectivity index is 2.35. The molecular weight excluding hydrogens is 305 g/mol. The van der Waals surface area contributed by atoms with E-state index in [1.54, 1.807) is 0 Å². The Morgan fingerprint density at radius 2 is 2.05 bits per heavy atom. The molecule has 0 spiro atoms. The Morgan fingerprint density at radius 3 is 2.53 bits per heavy atom. The van der Waals surface area contributed by atoms with Crippen molar-refractivity contribution in [2.24, 2.45) is 0 Å². The fourth-order valence-corrected chi connectivity index (χ4v) is 3.55. The third-order valence-corrected chi connectivity index (χ3v) is 4.69. The molecule has 4 nitrogen and oxygen atoms in total. The summed E-state index contributed by atoms with van der Waals surface area (Å²) < 4.78 is 62.3. The van der Waals surface area contributed by atoms with E-state index in [1.165, 1.54) is 0 Å². The van der Waals surface area contributed by atoms with E-state index in [9.17, 15) is 21.6 Å². The molecule has 1 aromatic rings.